The quantitative estimate of drug-likeness (QED) is 0.783. The maximum Gasteiger partial charge on any atom is 0.124 e. The fraction of sp³-hybridized carbons (Fsp3) is 0.333. The molecule has 0 aliphatic rings. The zero-order valence-corrected chi connectivity index (χ0v) is 14.3. The van der Waals surface area contributed by atoms with Crippen LogP contribution in [-0.4, -0.2) is 25.9 Å². The van der Waals surface area contributed by atoms with Crippen LogP contribution in [0.2, 0.25) is 0 Å². The van der Waals surface area contributed by atoms with Gasteiger partial charge < -0.3 is 19.9 Å². The van der Waals surface area contributed by atoms with E-state index in [-0.39, 0.29) is 0 Å². The Bertz CT molecular complexity index is 588. The molecule has 0 aliphatic heterocycles. The number of rotatable bonds is 7. The molecule has 1 aromatic carbocycles. The first kappa shape index (κ1) is 16.3. The van der Waals surface area contributed by atoms with Gasteiger partial charge in [0.25, 0.3) is 0 Å². The van der Waals surface area contributed by atoms with Crippen molar-refractivity contribution in [3.8, 4) is 11.5 Å². The van der Waals surface area contributed by atoms with Crippen LogP contribution in [0.3, 0.4) is 0 Å². The van der Waals surface area contributed by atoms with Crippen LogP contribution in [0.5, 0.6) is 11.5 Å². The molecule has 21 heavy (non-hydrogen) atoms. The topological polar surface area (TPSA) is 50.7 Å². The molecule has 0 aliphatic carbocycles. The number of thiophene rings is 1. The van der Waals surface area contributed by atoms with Crippen LogP contribution in [-0.2, 0) is 6.54 Å². The largest absolute Gasteiger partial charge is 0.497 e. The van der Waals surface area contributed by atoms with Crippen molar-refractivity contribution in [1.29, 1.82) is 0 Å². The lowest BCUT2D eigenvalue weighted by Crippen LogP contribution is -2.21. The van der Waals surface area contributed by atoms with Crippen molar-refractivity contribution in [3.63, 3.8) is 0 Å². The number of halogens is 1. The van der Waals surface area contributed by atoms with Crippen molar-refractivity contribution >= 4 is 27.3 Å². The van der Waals surface area contributed by atoms with E-state index in [0.29, 0.717) is 24.6 Å². The molecule has 0 spiro atoms. The van der Waals surface area contributed by atoms with Gasteiger partial charge in [0.05, 0.1) is 20.3 Å². The number of benzene rings is 1. The Morgan fingerprint density at radius 1 is 1.29 bits per heavy atom. The molecule has 0 saturated carbocycles. The van der Waals surface area contributed by atoms with Gasteiger partial charge in [-0.1, -0.05) is 0 Å². The Morgan fingerprint density at radius 3 is 2.71 bits per heavy atom. The number of hydrogen-bond acceptors (Lipinski definition) is 5. The second-order valence-corrected chi connectivity index (χ2v) is 6.30. The van der Waals surface area contributed by atoms with Crippen LogP contribution in [0, 0.1) is 0 Å². The molecule has 2 N–H and O–H groups in total. The van der Waals surface area contributed by atoms with E-state index >= 15 is 0 Å². The van der Waals surface area contributed by atoms with Gasteiger partial charge in [0.1, 0.15) is 11.5 Å². The van der Waals surface area contributed by atoms with Crippen LogP contribution < -0.4 is 14.8 Å². The van der Waals surface area contributed by atoms with Crippen LogP contribution in [0.4, 0.5) is 0 Å². The maximum atomic E-state index is 10.3. The molecular formula is C15H18BrNO3S. The van der Waals surface area contributed by atoms with Crippen molar-refractivity contribution in [3.05, 3.63) is 44.6 Å². The van der Waals surface area contributed by atoms with Crippen LogP contribution >= 0.6 is 27.3 Å². The van der Waals surface area contributed by atoms with Gasteiger partial charge in [-0.15, -0.1) is 11.3 Å². The highest BCUT2D eigenvalue weighted by Gasteiger charge is 2.14. The summed E-state index contributed by atoms with van der Waals surface area (Å²) < 4.78 is 11.6. The van der Waals surface area contributed by atoms with Gasteiger partial charge in [-0.2, -0.15) is 0 Å². The maximum absolute atomic E-state index is 10.3. The second kappa shape index (κ2) is 7.79. The smallest absolute Gasteiger partial charge is 0.124 e. The minimum Gasteiger partial charge on any atom is -0.497 e. The first-order valence-corrected chi connectivity index (χ1v) is 8.15. The Labute approximate surface area is 136 Å². The lowest BCUT2D eigenvalue weighted by Gasteiger charge is -2.16. The number of methoxy groups -OCH3 is 2. The molecule has 6 heteroatoms. The van der Waals surface area contributed by atoms with E-state index in [0.717, 1.165) is 10.0 Å². The van der Waals surface area contributed by atoms with E-state index in [1.165, 1.54) is 4.88 Å². The molecule has 2 aromatic rings. The van der Waals surface area contributed by atoms with E-state index in [1.54, 1.807) is 37.7 Å². The normalized spacial score (nSPS) is 12.2. The number of hydrogen-bond donors (Lipinski definition) is 2. The predicted molar refractivity (Wildman–Crippen MR) is 88.2 cm³/mol. The Kier molecular flexibility index (Phi) is 6.05. The summed E-state index contributed by atoms with van der Waals surface area (Å²) in [5, 5.41) is 15.6. The van der Waals surface area contributed by atoms with Crippen LogP contribution in [0.15, 0.2) is 34.1 Å². The average Bonchev–Trinajstić information content (AvgIpc) is 2.91. The second-order valence-electron chi connectivity index (χ2n) is 4.45. The van der Waals surface area contributed by atoms with Crippen LogP contribution in [0.25, 0.3) is 0 Å². The molecule has 1 heterocycles. The van der Waals surface area contributed by atoms with Gasteiger partial charge in [0, 0.05) is 28.0 Å². The molecule has 1 unspecified atom stereocenters. The van der Waals surface area contributed by atoms with Gasteiger partial charge in [-0.25, -0.2) is 0 Å². The third-order valence-electron chi connectivity index (χ3n) is 3.11. The summed E-state index contributed by atoms with van der Waals surface area (Å²) >= 11 is 5.17. The zero-order valence-electron chi connectivity index (χ0n) is 11.9. The molecule has 1 atom stereocenters. The summed E-state index contributed by atoms with van der Waals surface area (Å²) in [5.74, 6) is 1.35. The van der Waals surface area contributed by atoms with E-state index in [2.05, 4.69) is 21.2 Å². The first-order valence-electron chi connectivity index (χ1n) is 6.48. The highest BCUT2D eigenvalue weighted by atomic mass is 79.9. The minimum atomic E-state index is -0.659. The number of nitrogens with one attached hydrogen (secondary N) is 1. The van der Waals surface area contributed by atoms with Crippen molar-refractivity contribution in [2.45, 2.75) is 12.6 Å². The number of aliphatic hydroxyl groups is 1. The van der Waals surface area contributed by atoms with E-state index in [9.17, 15) is 5.11 Å². The van der Waals surface area contributed by atoms with Crippen LogP contribution in [0.1, 0.15) is 16.5 Å². The fourth-order valence-corrected chi connectivity index (χ4v) is 3.45. The minimum absolute atomic E-state index is 0.438. The lowest BCUT2D eigenvalue weighted by atomic mass is 10.1. The van der Waals surface area contributed by atoms with Crippen molar-refractivity contribution in [2.75, 3.05) is 20.8 Å². The highest BCUT2D eigenvalue weighted by molar-refractivity contribution is 9.10. The molecular weight excluding hydrogens is 354 g/mol. The summed E-state index contributed by atoms with van der Waals surface area (Å²) in [4.78, 5) is 1.21. The van der Waals surface area contributed by atoms with Crippen molar-refractivity contribution in [1.82, 2.24) is 5.32 Å². The Balaban J connectivity index is 1.99. The third-order valence-corrected chi connectivity index (χ3v) is 5.04. The molecule has 2 rings (SSSR count). The van der Waals surface area contributed by atoms with E-state index in [4.69, 9.17) is 9.47 Å². The average molecular weight is 372 g/mol. The standard InChI is InChI=1S/C15H18BrNO3S/c1-19-10-3-4-14(20-2)11(7-10)13(18)8-17-9-15-12(16)5-6-21-15/h3-7,13,17-18H,8-9H2,1-2H3. The van der Waals surface area contributed by atoms with Crippen molar-refractivity contribution < 1.29 is 14.6 Å². The monoisotopic (exact) mass is 371 g/mol. The van der Waals surface area contributed by atoms with Gasteiger partial charge in [0.15, 0.2) is 0 Å². The van der Waals surface area contributed by atoms with E-state index in [1.807, 2.05) is 17.5 Å². The van der Waals surface area contributed by atoms with Gasteiger partial charge >= 0.3 is 0 Å². The summed E-state index contributed by atoms with van der Waals surface area (Å²) in [6.07, 6.45) is -0.659. The van der Waals surface area contributed by atoms with Gasteiger partial charge in [-0.3, -0.25) is 0 Å². The SMILES string of the molecule is COc1ccc(OC)c(C(O)CNCc2sccc2Br)c1. The van der Waals surface area contributed by atoms with Gasteiger partial charge in [-0.05, 0) is 45.6 Å². The zero-order chi connectivity index (χ0) is 15.2. The predicted octanol–water partition coefficient (Wildman–Crippen LogP) is 3.35. The third kappa shape index (κ3) is 4.20. The van der Waals surface area contributed by atoms with Crippen molar-refractivity contribution in [2.24, 2.45) is 0 Å². The molecule has 114 valence electrons. The van der Waals surface area contributed by atoms with E-state index < -0.39 is 6.10 Å². The summed E-state index contributed by atoms with van der Waals surface area (Å²) in [5.41, 5.74) is 0.717. The molecule has 0 fully saturated rings. The first-order chi connectivity index (χ1) is 10.2. The number of aliphatic hydroxyl groups excluding tert-OH is 1. The summed E-state index contributed by atoms with van der Waals surface area (Å²) in [6.45, 7) is 1.15. The highest BCUT2D eigenvalue weighted by Crippen LogP contribution is 2.29. The summed E-state index contributed by atoms with van der Waals surface area (Å²) in [7, 11) is 3.19. The molecule has 4 nitrogen and oxygen atoms in total. The molecule has 0 radical (unpaired) electrons. The fourth-order valence-electron chi connectivity index (χ4n) is 1.98. The van der Waals surface area contributed by atoms with Gasteiger partial charge in [0.2, 0.25) is 0 Å². The molecule has 0 saturated heterocycles. The molecule has 0 amide bonds. The summed E-state index contributed by atoms with van der Waals surface area (Å²) in [6, 6.07) is 7.42. The molecule has 0 bridgehead atoms. The number of ether oxygens (including phenoxy) is 2. The Morgan fingerprint density at radius 2 is 2.10 bits per heavy atom. The lowest BCUT2D eigenvalue weighted by molar-refractivity contribution is 0.170. The molecule has 1 aromatic heterocycles. The Hall–Kier alpha value is -1.08.